The Balaban J connectivity index is 3.20. The summed E-state index contributed by atoms with van der Waals surface area (Å²) in [6.45, 7) is 1.17. The molecule has 3 heteroatoms. The van der Waals surface area contributed by atoms with Gasteiger partial charge in [-0.15, -0.1) is 0 Å². The van der Waals surface area contributed by atoms with E-state index in [9.17, 15) is 4.79 Å². The van der Waals surface area contributed by atoms with Gasteiger partial charge in [0.25, 0.3) is 5.91 Å². The first kappa shape index (κ1) is 4.27. The summed E-state index contributed by atoms with van der Waals surface area (Å²) in [4.78, 5) is 9.40. The van der Waals surface area contributed by atoms with Gasteiger partial charge in [0.2, 0.25) is 0 Å². The second kappa shape index (κ2) is 1.58. The molecule has 0 N–H and O–H groups in total. The van der Waals surface area contributed by atoms with Gasteiger partial charge < -0.3 is 0 Å². The maximum absolute atomic E-state index is 9.40. The molecule has 1 radical (unpaired) electrons. The van der Waals surface area contributed by atoms with Crippen LogP contribution in [0.2, 0.25) is 0 Å². The van der Waals surface area contributed by atoms with Crippen molar-refractivity contribution in [2.24, 2.45) is 5.11 Å². The van der Waals surface area contributed by atoms with Crippen molar-refractivity contribution in [2.45, 2.75) is 6.92 Å². The molecule has 0 saturated carbocycles. The fraction of sp³-hybridized carbons (Fsp3) is 0.500. The molecule has 0 aliphatic carbocycles. The van der Waals surface area contributed by atoms with Crippen LogP contribution in [0.3, 0.4) is 0 Å². The molecule has 1 amide bonds. The van der Waals surface area contributed by atoms with Crippen LogP contribution in [0.4, 0.5) is 0 Å². The van der Waals surface area contributed by atoms with E-state index in [1.54, 1.807) is 0 Å². The zero-order valence-electron chi connectivity index (χ0n) is 2.80. The number of hydrogen-bond donors (Lipinski definition) is 0. The van der Waals surface area contributed by atoms with Crippen LogP contribution in [-0.2, 0) is 4.79 Å². The first-order chi connectivity index (χ1) is 2.27. The number of carbonyl (C=O) groups excluding carboxylic acids is 1. The maximum Gasteiger partial charge on any atom is 0.263 e. The molecule has 0 aromatic rings. The predicted molar refractivity (Wildman–Crippen MR) is 15.2 cm³/mol. The fourth-order valence-electron chi connectivity index (χ4n) is 0. The molecule has 0 aromatic carbocycles. The molecule has 0 unspecified atom stereocenters. The number of carbonyl (C=O) groups is 1. The minimum Gasteiger partial charge on any atom is -0.271 e. The summed E-state index contributed by atoms with van der Waals surface area (Å²) in [6, 6.07) is 0. The lowest BCUT2D eigenvalue weighted by atomic mass is 10.8. The molecule has 0 aliphatic rings. The lowest BCUT2D eigenvalue weighted by molar-refractivity contribution is -0.116. The minimum atomic E-state index is -0.565. The van der Waals surface area contributed by atoms with Crippen molar-refractivity contribution in [1.29, 1.82) is 0 Å². The summed E-state index contributed by atoms with van der Waals surface area (Å²) < 4.78 is 0. The summed E-state index contributed by atoms with van der Waals surface area (Å²) in [5, 5.41) is 2.25. The topological polar surface area (TPSA) is 51.7 Å². The van der Waals surface area contributed by atoms with E-state index >= 15 is 0 Å². The third-order valence-corrected chi connectivity index (χ3v) is 0.141. The molecular weight excluding hydrogens is 68.0 g/mol. The Kier molecular flexibility index (Phi) is 1.35. The number of amides is 1. The van der Waals surface area contributed by atoms with Crippen LogP contribution in [-0.4, -0.2) is 5.91 Å². The lowest BCUT2D eigenvalue weighted by Gasteiger charge is -1.59. The van der Waals surface area contributed by atoms with Crippen LogP contribution in [0, 0.1) is 0 Å². The van der Waals surface area contributed by atoms with Gasteiger partial charge in [0.15, 0.2) is 0 Å². The van der Waals surface area contributed by atoms with E-state index in [0.29, 0.717) is 0 Å². The average Bonchev–Trinajstić information content (AvgIpc) is 1.38. The first-order valence-electron chi connectivity index (χ1n) is 1.13. The highest BCUT2D eigenvalue weighted by Gasteiger charge is 1.74. The average molecular weight is 71.1 g/mol. The van der Waals surface area contributed by atoms with Gasteiger partial charge >= 0.3 is 0 Å². The molecule has 0 aromatic heterocycles. The first-order valence-corrected chi connectivity index (χ1v) is 1.13. The third-order valence-electron chi connectivity index (χ3n) is 0.141. The van der Waals surface area contributed by atoms with E-state index in [1.165, 1.54) is 6.92 Å². The largest absolute Gasteiger partial charge is 0.271 e. The number of nitrogens with zero attached hydrogens (tertiary/aromatic N) is 2. The Morgan fingerprint density at radius 2 is 2.20 bits per heavy atom. The quantitative estimate of drug-likeness (QED) is 0.364. The van der Waals surface area contributed by atoms with Crippen LogP contribution in [0.15, 0.2) is 5.11 Å². The molecule has 0 saturated heterocycles. The van der Waals surface area contributed by atoms with Crippen LogP contribution in [0.25, 0.3) is 0 Å². The van der Waals surface area contributed by atoms with Gasteiger partial charge in [-0.25, -0.2) is 0 Å². The molecule has 0 heterocycles. The second-order valence-electron chi connectivity index (χ2n) is 0.619. The van der Waals surface area contributed by atoms with Gasteiger partial charge in [0, 0.05) is 6.92 Å². The van der Waals surface area contributed by atoms with Gasteiger partial charge in [-0.05, 0) is 5.53 Å². The van der Waals surface area contributed by atoms with Gasteiger partial charge in [-0.1, -0.05) is 5.11 Å². The van der Waals surface area contributed by atoms with Crippen molar-refractivity contribution in [3.05, 3.63) is 0 Å². The highest BCUT2D eigenvalue weighted by Crippen LogP contribution is 1.58. The fourth-order valence-corrected chi connectivity index (χ4v) is 0. The SMILES string of the molecule is CC(=O)N=[N]. The second-order valence-corrected chi connectivity index (χ2v) is 0.619. The van der Waals surface area contributed by atoms with Crippen molar-refractivity contribution < 1.29 is 4.79 Å². The van der Waals surface area contributed by atoms with Crippen LogP contribution in [0.5, 0.6) is 0 Å². The molecule has 0 rings (SSSR count). The molecule has 0 aliphatic heterocycles. The monoisotopic (exact) mass is 71.0 g/mol. The smallest absolute Gasteiger partial charge is 0.263 e. The van der Waals surface area contributed by atoms with Crippen LogP contribution >= 0.6 is 0 Å². The molecule has 5 heavy (non-hydrogen) atoms. The van der Waals surface area contributed by atoms with E-state index in [1.807, 2.05) is 0 Å². The summed E-state index contributed by atoms with van der Waals surface area (Å²) in [6.07, 6.45) is 0. The summed E-state index contributed by atoms with van der Waals surface area (Å²) in [5.41, 5.74) is 7.42. The zero-order chi connectivity index (χ0) is 4.28. The standard InChI is InChI=1S/C2H3N2O/c1-2(5)4-3/h1H3. The molecule has 0 atom stereocenters. The van der Waals surface area contributed by atoms with Crippen molar-refractivity contribution in [3.8, 4) is 0 Å². The molecule has 3 nitrogen and oxygen atoms in total. The van der Waals surface area contributed by atoms with Crippen molar-refractivity contribution in [3.63, 3.8) is 0 Å². The van der Waals surface area contributed by atoms with Crippen LogP contribution in [0.1, 0.15) is 6.92 Å². The Morgan fingerprint density at radius 3 is 2.20 bits per heavy atom. The highest BCUT2D eigenvalue weighted by atomic mass is 16.1. The summed E-state index contributed by atoms with van der Waals surface area (Å²) in [7, 11) is 0. The lowest BCUT2D eigenvalue weighted by Crippen LogP contribution is -1.76. The Morgan fingerprint density at radius 1 is 2.00 bits per heavy atom. The van der Waals surface area contributed by atoms with E-state index in [-0.39, 0.29) is 0 Å². The molecular formula is C2H3N2O. The zero-order valence-corrected chi connectivity index (χ0v) is 2.80. The van der Waals surface area contributed by atoms with Crippen LogP contribution < -0.4 is 5.53 Å². The third kappa shape index (κ3) is 3.27. The molecule has 0 bridgehead atoms. The van der Waals surface area contributed by atoms with Gasteiger partial charge in [-0.2, -0.15) is 0 Å². The van der Waals surface area contributed by atoms with E-state index in [2.05, 4.69) is 5.11 Å². The summed E-state index contributed by atoms with van der Waals surface area (Å²) in [5.74, 6) is -0.565. The van der Waals surface area contributed by atoms with E-state index < -0.39 is 5.91 Å². The normalized spacial score (nSPS) is 6.60. The van der Waals surface area contributed by atoms with E-state index in [0.717, 1.165) is 0 Å². The van der Waals surface area contributed by atoms with Crippen molar-refractivity contribution >= 4 is 5.91 Å². The van der Waals surface area contributed by atoms with Gasteiger partial charge in [0.05, 0.1) is 0 Å². The number of hydrogen-bond acceptors (Lipinski definition) is 1. The van der Waals surface area contributed by atoms with Gasteiger partial charge in [0.1, 0.15) is 0 Å². The Hall–Kier alpha value is -0.730. The van der Waals surface area contributed by atoms with Crippen molar-refractivity contribution in [2.75, 3.05) is 0 Å². The van der Waals surface area contributed by atoms with Gasteiger partial charge in [-0.3, -0.25) is 4.79 Å². The summed E-state index contributed by atoms with van der Waals surface area (Å²) >= 11 is 0. The minimum absolute atomic E-state index is 0.565. The Labute approximate surface area is 29.5 Å². The number of rotatable bonds is 0. The van der Waals surface area contributed by atoms with E-state index in [4.69, 9.17) is 5.53 Å². The van der Waals surface area contributed by atoms with Crippen molar-refractivity contribution in [1.82, 2.24) is 5.53 Å². The molecule has 0 fully saturated rings. The molecule has 27 valence electrons. The molecule has 0 spiro atoms. The maximum atomic E-state index is 9.40. The Bertz CT molecular complexity index is 58.7. The highest BCUT2D eigenvalue weighted by molar-refractivity contribution is 5.72. The predicted octanol–water partition coefficient (Wildman–Crippen LogP) is -0.215.